The minimum atomic E-state index is 0.481. The number of imidazole rings is 1. The minimum Gasteiger partial charge on any atom is -0.492 e. The first-order chi connectivity index (χ1) is 12.7. The van der Waals surface area contributed by atoms with Crippen LogP contribution in [0.5, 0.6) is 11.5 Å². The van der Waals surface area contributed by atoms with E-state index in [0.29, 0.717) is 29.5 Å². The zero-order valence-corrected chi connectivity index (χ0v) is 15.2. The van der Waals surface area contributed by atoms with Gasteiger partial charge in [0.25, 0.3) is 0 Å². The standard InChI is InChI=1S/C21H21N3O2/c1-4-24-18-11-7-6-10-17(18)23-21(24)16(14-22)13-15-9-8-12-19(26-5-2)20(15)25-3/h6-13H,4-5H2,1-3H3/b16-13-. The number of aryl methyl sites for hydroxylation is 1. The van der Waals surface area contributed by atoms with Crippen molar-refractivity contribution >= 4 is 22.7 Å². The number of allylic oxidation sites excluding steroid dienone is 1. The number of para-hydroxylation sites is 3. The normalized spacial score (nSPS) is 11.4. The summed E-state index contributed by atoms with van der Waals surface area (Å²) in [4.78, 5) is 4.67. The monoisotopic (exact) mass is 347 g/mol. The Bertz CT molecular complexity index is 996. The van der Waals surface area contributed by atoms with Gasteiger partial charge in [-0.05, 0) is 38.1 Å². The first-order valence-corrected chi connectivity index (χ1v) is 8.60. The van der Waals surface area contributed by atoms with E-state index in [0.717, 1.165) is 23.1 Å². The van der Waals surface area contributed by atoms with Crippen molar-refractivity contribution in [1.29, 1.82) is 5.26 Å². The van der Waals surface area contributed by atoms with Crippen molar-refractivity contribution in [2.45, 2.75) is 20.4 Å². The first-order valence-electron chi connectivity index (χ1n) is 8.60. The number of benzene rings is 2. The van der Waals surface area contributed by atoms with Crippen LogP contribution < -0.4 is 9.47 Å². The zero-order valence-electron chi connectivity index (χ0n) is 15.2. The lowest BCUT2D eigenvalue weighted by Crippen LogP contribution is -2.01. The van der Waals surface area contributed by atoms with Crippen LogP contribution in [0.4, 0.5) is 0 Å². The molecule has 0 radical (unpaired) electrons. The van der Waals surface area contributed by atoms with Gasteiger partial charge in [-0.2, -0.15) is 5.26 Å². The zero-order chi connectivity index (χ0) is 18.5. The number of hydrogen-bond acceptors (Lipinski definition) is 4. The molecule has 0 saturated heterocycles. The smallest absolute Gasteiger partial charge is 0.167 e. The molecule has 2 aromatic carbocycles. The van der Waals surface area contributed by atoms with Crippen LogP contribution in [0.15, 0.2) is 42.5 Å². The number of ether oxygens (including phenoxy) is 2. The summed E-state index contributed by atoms with van der Waals surface area (Å²) in [6.07, 6.45) is 1.80. The van der Waals surface area contributed by atoms with Crippen LogP contribution >= 0.6 is 0 Å². The summed E-state index contributed by atoms with van der Waals surface area (Å²) in [5.41, 5.74) is 3.15. The topological polar surface area (TPSA) is 60.1 Å². The third kappa shape index (κ3) is 3.14. The third-order valence-corrected chi connectivity index (χ3v) is 4.15. The highest BCUT2D eigenvalue weighted by Gasteiger charge is 2.15. The highest BCUT2D eigenvalue weighted by Crippen LogP contribution is 2.34. The highest BCUT2D eigenvalue weighted by molar-refractivity contribution is 5.92. The van der Waals surface area contributed by atoms with Gasteiger partial charge in [-0.15, -0.1) is 0 Å². The van der Waals surface area contributed by atoms with Crippen molar-refractivity contribution < 1.29 is 9.47 Å². The second-order valence-corrected chi connectivity index (χ2v) is 5.65. The van der Waals surface area contributed by atoms with Gasteiger partial charge < -0.3 is 14.0 Å². The molecule has 0 saturated carbocycles. The SMILES string of the molecule is CCOc1cccc(/C=C(/C#N)c2nc3ccccc3n2CC)c1OC. The van der Waals surface area contributed by atoms with E-state index in [-0.39, 0.29) is 0 Å². The van der Waals surface area contributed by atoms with Crippen molar-refractivity contribution in [3.8, 4) is 17.6 Å². The Morgan fingerprint density at radius 1 is 1.19 bits per heavy atom. The number of rotatable bonds is 6. The van der Waals surface area contributed by atoms with E-state index in [2.05, 4.69) is 11.1 Å². The third-order valence-electron chi connectivity index (χ3n) is 4.15. The number of methoxy groups -OCH3 is 1. The van der Waals surface area contributed by atoms with E-state index in [4.69, 9.17) is 9.47 Å². The first kappa shape index (κ1) is 17.6. The van der Waals surface area contributed by atoms with Crippen molar-refractivity contribution in [2.24, 2.45) is 0 Å². The van der Waals surface area contributed by atoms with Crippen LogP contribution in [0.3, 0.4) is 0 Å². The van der Waals surface area contributed by atoms with Gasteiger partial charge >= 0.3 is 0 Å². The summed E-state index contributed by atoms with van der Waals surface area (Å²) in [7, 11) is 1.60. The number of nitriles is 1. The fourth-order valence-corrected chi connectivity index (χ4v) is 3.04. The fraction of sp³-hybridized carbons (Fsp3) is 0.238. The van der Waals surface area contributed by atoms with Gasteiger partial charge in [-0.3, -0.25) is 0 Å². The van der Waals surface area contributed by atoms with Crippen LogP contribution in [0.1, 0.15) is 25.2 Å². The van der Waals surface area contributed by atoms with Crippen LogP contribution in [-0.4, -0.2) is 23.3 Å². The molecule has 0 aliphatic carbocycles. The van der Waals surface area contributed by atoms with Gasteiger partial charge in [0.05, 0.1) is 30.3 Å². The lowest BCUT2D eigenvalue weighted by atomic mass is 10.1. The molecule has 5 heteroatoms. The second kappa shape index (κ2) is 7.75. The summed E-state index contributed by atoms with van der Waals surface area (Å²) < 4.78 is 13.2. The van der Waals surface area contributed by atoms with E-state index in [1.54, 1.807) is 13.2 Å². The number of hydrogen-bond donors (Lipinski definition) is 0. The average Bonchev–Trinajstić information content (AvgIpc) is 3.04. The molecule has 5 nitrogen and oxygen atoms in total. The molecule has 0 amide bonds. The van der Waals surface area contributed by atoms with Crippen molar-refractivity contribution in [3.05, 3.63) is 53.9 Å². The van der Waals surface area contributed by atoms with E-state index >= 15 is 0 Å². The fourth-order valence-electron chi connectivity index (χ4n) is 3.04. The molecule has 0 bridgehead atoms. The van der Waals surface area contributed by atoms with Crippen LogP contribution in [0, 0.1) is 11.3 Å². The Hall–Kier alpha value is -3.26. The summed E-state index contributed by atoms with van der Waals surface area (Å²) in [6, 6.07) is 15.8. The molecule has 0 fully saturated rings. The molecule has 0 N–H and O–H groups in total. The Labute approximate surface area is 153 Å². The average molecular weight is 347 g/mol. The molecular weight excluding hydrogens is 326 g/mol. The van der Waals surface area contributed by atoms with Gasteiger partial charge in [0, 0.05) is 12.1 Å². The second-order valence-electron chi connectivity index (χ2n) is 5.65. The maximum absolute atomic E-state index is 9.78. The lowest BCUT2D eigenvalue weighted by molar-refractivity contribution is 0.310. The molecule has 0 atom stereocenters. The molecule has 1 heterocycles. The van der Waals surface area contributed by atoms with E-state index in [9.17, 15) is 5.26 Å². The summed E-state index contributed by atoms with van der Waals surface area (Å²) in [6.45, 7) is 5.24. The molecule has 3 aromatic rings. The van der Waals surface area contributed by atoms with Gasteiger partial charge in [0.1, 0.15) is 6.07 Å². The Balaban J connectivity index is 2.16. The molecule has 0 aliphatic heterocycles. The van der Waals surface area contributed by atoms with E-state index in [1.165, 1.54) is 0 Å². The van der Waals surface area contributed by atoms with Gasteiger partial charge in [-0.25, -0.2) is 4.98 Å². The molecule has 1 aromatic heterocycles. The largest absolute Gasteiger partial charge is 0.492 e. The minimum absolute atomic E-state index is 0.481. The predicted molar refractivity (Wildman–Crippen MR) is 103 cm³/mol. The van der Waals surface area contributed by atoms with E-state index < -0.39 is 0 Å². The quantitative estimate of drug-likeness (QED) is 0.615. The lowest BCUT2D eigenvalue weighted by Gasteiger charge is -2.12. The van der Waals surface area contributed by atoms with Crippen LogP contribution in [0.25, 0.3) is 22.7 Å². The van der Waals surface area contributed by atoms with Gasteiger partial charge in [0.15, 0.2) is 17.3 Å². The maximum Gasteiger partial charge on any atom is 0.167 e. The Morgan fingerprint density at radius 2 is 2.00 bits per heavy atom. The molecule has 0 spiro atoms. The van der Waals surface area contributed by atoms with Crippen molar-refractivity contribution in [2.75, 3.05) is 13.7 Å². The molecule has 0 aliphatic rings. The molecule has 26 heavy (non-hydrogen) atoms. The molecule has 3 rings (SSSR count). The number of aromatic nitrogens is 2. The van der Waals surface area contributed by atoms with Crippen LogP contribution in [0.2, 0.25) is 0 Å². The number of fused-ring (bicyclic) bond motifs is 1. The van der Waals surface area contributed by atoms with E-state index in [1.807, 2.05) is 60.9 Å². The molecular formula is C21H21N3O2. The van der Waals surface area contributed by atoms with Gasteiger partial charge in [0.2, 0.25) is 0 Å². The summed E-state index contributed by atoms with van der Waals surface area (Å²) in [5, 5.41) is 9.78. The Kier molecular flexibility index (Phi) is 5.23. The van der Waals surface area contributed by atoms with Crippen molar-refractivity contribution in [3.63, 3.8) is 0 Å². The molecule has 132 valence electrons. The van der Waals surface area contributed by atoms with Crippen LogP contribution in [-0.2, 0) is 6.54 Å². The highest BCUT2D eigenvalue weighted by atomic mass is 16.5. The Morgan fingerprint density at radius 3 is 2.69 bits per heavy atom. The molecule has 0 unspecified atom stereocenters. The summed E-state index contributed by atoms with van der Waals surface area (Å²) >= 11 is 0. The summed E-state index contributed by atoms with van der Waals surface area (Å²) in [5.74, 6) is 1.92. The van der Waals surface area contributed by atoms with Crippen molar-refractivity contribution in [1.82, 2.24) is 9.55 Å². The number of nitrogens with zero attached hydrogens (tertiary/aromatic N) is 3. The predicted octanol–water partition coefficient (Wildman–Crippen LogP) is 4.53. The maximum atomic E-state index is 9.78. The van der Waals surface area contributed by atoms with Gasteiger partial charge in [-0.1, -0.05) is 24.3 Å².